The molecule has 2 rings (SSSR count). The molecule has 0 heterocycles. The number of carbonyl (C=O) groups excluding carboxylic acids is 1. The number of hydrogen-bond acceptors (Lipinski definition) is 4. The molecule has 0 amide bonds. The highest BCUT2D eigenvalue weighted by molar-refractivity contribution is 5.99. The van der Waals surface area contributed by atoms with E-state index in [2.05, 4.69) is 0 Å². The Kier molecular flexibility index (Phi) is 4.95. The van der Waals surface area contributed by atoms with Crippen LogP contribution < -0.4 is 15.2 Å². The number of rotatable bonds is 6. The number of benzene rings is 2. The standard InChI is InChI=1S/C17H19NO3/c1-20-13-8-9-14(17(10-13)21-2)16(19)11-15(18)12-6-4-3-5-7-12/h3-10,15H,11,18H2,1-2H3. The number of methoxy groups -OCH3 is 2. The van der Waals surface area contributed by atoms with Gasteiger partial charge in [0.15, 0.2) is 5.78 Å². The fourth-order valence-electron chi connectivity index (χ4n) is 2.16. The van der Waals surface area contributed by atoms with Crippen LogP contribution in [0.2, 0.25) is 0 Å². The van der Waals surface area contributed by atoms with Crippen molar-refractivity contribution < 1.29 is 14.3 Å². The second-order valence-corrected chi connectivity index (χ2v) is 4.71. The summed E-state index contributed by atoms with van der Waals surface area (Å²) in [5.74, 6) is 1.10. The minimum Gasteiger partial charge on any atom is -0.497 e. The molecule has 0 radical (unpaired) electrons. The lowest BCUT2D eigenvalue weighted by Crippen LogP contribution is -2.16. The molecule has 21 heavy (non-hydrogen) atoms. The molecule has 0 aromatic heterocycles. The second kappa shape index (κ2) is 6.90. The first-order valence-corrected chi connectivity index (χ1v) is 6.71. The molecule has 0 saturated heterocycles. The topological polar surface area (TPSA) is 61.5 Å². The van der Waals surface area contributed by atoms with Crippen LogP contribution in [-0.4, -0.2) is 20.0 Å². The Labute approximate surface area is 124 Å². The Hall–Kier alpha value is -2.33. The zero-order valence-corrected chi connectivity index (χ0v) is 12.2. The highest BCUT2D eigenvalue weighted by Gasteiger charge is 2.17. The molecule has 1 atom stereocenters. The minimum atomic E-state index is -0.328. The zero-order chi connectivity index (χ0) is 15.2. The normalized spacial score (nSPS) is 11.8. The van der Waals surface area contributed by atoms with E-state index in [-0.39, 0.29) is 18.2 Å². The molecule has 4 heteroatoms. The lowest BCUT2D eigenvalue weighted by molar-refractivity contribution is 0.0971. The second-order valence-electron chi connectivity index (χ2n) is 4.71. The van der Waals surface area contributed by atoms with Gasteiger partial charge in [0.1, 0.15) is 11.5 Å². The van der Waals surface area contributed by atoms with Crippen molar-refractivity contribution in [2.24, 2.45) is 5.73 Å². The van der Waals surface area contributed by atoms with Crippen molar-refractivity contribution in [3.05, 3.63) is 59.7 Å². The molecular weight excluding hydrogens is 266 g/mol. The van der Waals surface area contributed by atoms with E-state index in [1.54, 1.807) is 25.3 Å². The van der Waals surface area contributed by atoms with Crippen molar-refractivity contribution in [1.82, 2.24) is 0 Å². The maximum atomic E-state index is 12.4. The van der Waals surface area contributed by atoms with Crippen molar-refractivity contribution in [2.45, 2.75) is 12.5 Å². The van der Waals surface area contributed by atoms with Gasteiger partial charge < -0.3 is 15.2 Å². The lowest BCUT2D eigenvalue weighted by atomic mass is 9.98. The van der Waals surface area contributed by atoms with Crippen LogP contribution in [-0.2, 0) is 0 Å². The molecule has 4 nitrogen and oxygen atoms in total. The molecule has 110 valence electrons. The summed E-state index contributed by atoms with van der Waals surface area (Å²) in [5.41, 5.74) is 7.56. The van der Waals surface area contributed by atoms with E-state index in [4.69, 9.17) is 15.2 Å². The lowest BCUT2D eigenvalue weighted by Gasteiger charge is -2.13. The number of ketones is 1. The quantitative estimate of drug-likeness (QED) is 0.829. The van der Waals surface area contributed by atoms with Gasteiger partial charge in [0.25, 0.3) is 0 Å². The Bertz CT molecular complexity index is 611. The fraction of sp³-hybridized carbons (Fsp3) is 0.235. The average Bonchev–Trinajstić information content (AvgIpc) is 2.54. The van der Waals surface area contributed by atoms with Crippen LogP contribution in [0.25, 0.3) is 0 Å². The van der Waals surface area contributed by atoms with Crippen LogP contribution in [0.4, 0.5) is 0 Å². The number of carbonyl (C=O) groups is 1. The van der Waals surface area contributed by atoms with Crippen LogP contribution in [0.1, 0.15) is 28.4 Å². The van der Waals surface area contributed by atoms with Gasteiger partial charge in [0.05, 0.1) is 19.8 Å². The third-order valence-electron chi connectivity index (χ3n) is 3.34. The van der Waals surface area contributed by atoms with Gasteiger partial charge in [0, 0.05) is 18.5 Å². The monoisotopic (exact) mass is 285 g/mol. The smallest absolute Gasteiger partial charge is 0.168 e. The summed E-state index contributed by atoms with van der Waals surface area (Å²) in [6, 6.07) is 14.4. The molecule has 2 aromatic rings. The summed E-state index contributed by atoms with van der Waals surface area (Å²) in [6.45, 7) is 0. The molecule has 0 aliphatic carbocycles. The Morgan fingerprint density at radius 1 is 1.10 bits per heavy atom. The molecular formula is C17H19NO3. The highest BCUT2D eigenvalue weighted by atomic mass is 16.5. The molecule has 0 bridgehead atoms. The van der Waals surface area contributed by atoms with Crippen LogP contribution >= 0.6 is 0 Å². The molecule has 0 aliphatic rings. The van der Waals surface area contributed by atoms with Crippen LogP contribution in [0.15, 0.2) is 48.5 Å². The van der Waals surface area contributed by atoms with Gasteiger partial charge in [-0.2, -0.15) is 0 Å². The maximum Gasteiger partial charge on any atom is 0.168 e. The summed E-state index contributed by atoms with van der Waals surface area (Å²) in [5, 5.41) is 0. The predicted molar refractivity (Wildman–Crippen MR) is 81.9 cm³/mol. The van der Waals surface area contributed by atoms with Crippen LogP contribution in [0.3, 0.4) is 0 Å². The number of ether oxygens (including phenoxy) is 2. The van der Waals surface area contributed by atoms with E-state index in [0.717, 1.165) is 5.56 Å². The molecule has 0 fully saturated rings. The Morgan fingerprint density at radius 2 is 1.81 bits per heavy atom. The summed E-state index contributed by atoms with van der Waals surface area (Å²) in [7, 11) is 3.10. The van der Waals surface area contributed by atoms with E-state index in [1.807, 2.05) is 30.3 Å². The molecule has 2 aromatic carbocycles. The van der Waals surface area contributed by atoms with Gasteiger partial charge in [-0.15, -0.1) is 0 Å². The Balaban J connectivity index is 2.17. The maximum absolute atomic E-state index is 12.4. The first-order chi connectivity index (χ1) is 10.2. The first-order valence-electron chi connectivity index (χ1n) is 6.71. The summed E-state index contributed by atoms with van der Waals surface area (Å²) >= 11 is 0. The number of hydrogen-bond donors (Lipinski definition) is 1. The fourth-order valence-corrected chi connectivity index (χ4v) is 2.16. The van der Waals surface area contributed by atoms with E-state index in [0.29, 0.717) is 17.1 Å². The first kappa shape index (κ1) is 15.1. The van der Waals surface area contributed by atoms with Crippen molar-refractivity contribution in [2.75, 3.05) is 14.2 Å². The van der Waals surface area contributed by atoms with E-state index in [1.165, 1.54) is 7.11 Å². The number of Topliss-reactive ketones (excluding diaryl/α,β-unsaturated/α-hetero) is 1. The van der Waals surface area contributed by atoms with Crippen molar-refractivity contribution in [1.29, 1.82) is 0 Å². The van der Waals surface area contributed by atoms with Gasteiger partial charge in [-0.05, 0) is 17.7 Å². The van der Waals surface area contributed by atoms with Gasteiger partial charge >= 0.3 is 0 Å². The highest BCUT2D eigenvalue weighted by Crippen LogP contribution is 2.27. The molecule has 1 unspecified atom stereocenters. The third kappa shape index (κ3) is 3.61. The van der Waals surface area contributed by atoms with Gasteiger partial charge in [-0.3, -0.25) is 4.79 Å². The predicted octanol–water partition coefficient (Wildman–Crippen LogP) is 2.98. The van der Waals surface area contributed by atoms with E-state index in [9.17, 15) is 4.79 Å². The van der Waals surface area contributed by atoms with Crippen molar-refractivity contribution in [3.63, 3.8) is 0 Å². The SMILES string of the molecule is COc1ccc(C(=O)CC(N)c2ccccc2)c(OC)c1. The minimum absolute atomic E-state index is 0.0501. The third-order valence-corrected chi connectivity index (χ3v) is 3.34. The van der Waals surface area contributed by atoms with E-state index >= 15 is 0 Å². The van der Waals surface area contributed by atoms with Gasteiger partial charge in [0.2, 0.25) is 0 Å². The van der Waals surface area contributed by atoms with Crippen molar-refractivity contribution >= 4 is 5.78 Å². The van der Waals surface area contributed by atoms with Crippen LogP contribution in [0.5, 0.6) is 11.5 Å². The molecule has 2 N–H and O–H groups in total. The molecule has 0 aliphatic heterocycles. The van der Waals surface area contributed by atoms with Crippen molar-refractivity contribution in [3.8, 4) is 11.5 Å². The van der Waals surface area contributed by atoms with Crippen LogP contribution in [0, 0.1) is 0 Å². The summed E-state index contributed by atoms with van der Waals surface area (Å²) < 4.78 is 10.4. The Morgan fingerprint density at radius 3 is 2.43 bits per heavy atom. The summed E-state index contributed by atoms with van der Waals surface area (Å²) in [6.07, 6.45) is 0.229. The number of nitrogens with two attached hydrogens (primary N) is 1. The molecule has 0 saturated carbocycles. The van der Waals surface area contributed by atoms with E-state index < -0.39 is 0 Å². The average molecular weight is 285 g/mol. The summed E-state index contributed by atoms with van der Waals surface area (Å²) in [4.78, 5) is 12.4. The largest absolute Gasteiger partial charge is 0.497 e. The molecule has 0 spiro atoms. The van der Waals surface area contributed by atoms with Gasteiger partial charge in [-0.1, -0.05) is 30.3 Å². The van der Waals surface area contributed by atoms with Gasteiger partial charge in [-0.25, -0.2) is 0 Å². The zero-order valence-electron chi connectivity index (χ0n) is 12.2.